The molecule has 3 aliphatic rings. The molecule has 0 bridgehead atoms. The Balaban J connectivity index is 1.38. The van der Waals surface area contributed by atoms with Crippen LogP contribution in [0, 0.1) is 0 Å². The fourth-order valence-corrected chi connectivity index (χ4v) is 6.57. The van der Waals surface area contributed by atoms with E-state index in [4.69, 9.17) is 9.47 Å². The highest BCUT2D eigenvalue weighted by atomic mass is 32.2. The number of amides is 2. The molecule has 2 aliphatic carbocycles. The highest BCUT2D eigenvalue weighted by Gasteiger charge is 2.45. The molecule has 0 aromatic heterocycles. The molecule has 1 aliphatic heterocycles. The molecule has 2 amide bonds. The normalized spacial score (nSPS) is 25.7. The molecule has 1 saturated heterocycles. The predicted molar refractivity (Wildman–Crippen MR) is 119 cm³/mol. The first kappa shape index (κ1) is 22.3. The van der Waals surface area contributed by atoms with Crippen LogP contribution in [-0.2, 0) is 36.9 Å². The van der Waals surface area contributed by atoms with E-state index in [9.17, 15) is 13.8 Å². The average molecular weight is 449 g/mol. The molecule has 1 heterocycles. The fraction of sp³-hybridized carbons (Fsp3) is 0.652. The molecule has 7 nitrogen and oxygen atoms in total. The topological polar surface area (TPSA) is 85.3 Å². The van der Waals surface area contributed by atoms with Gasteiger partial charge in [0.1, 0.15) is 11.4 Å². The third-order valence-corrected chi connectivity index (χ3v) is 9.05. The first-order chi connectivity index (χ1) is 14.8. The number of hydrogen-bond acceptors (Lipinski definition) is 5. The first-order valence-electron chi connectivity index (χ1n) is 11.2. The Hall–Kier alpha value is -1.93. The molecule has 1 aromatic rings. The Bertz CT molecular complexity index is 973. The quantitative estimate of drug-likeness (QED) is 0.691. The molecule has 1 saturated carbocycles. The van der Waals surface area contributed by atoms with Crippen molar-refractivity contribution in [3.63, 3.8) is 0 Å². The van der Waals surface area contributed by atoms with Gasteiger partial charge in [-0.3, -0.25) is 9.59 Å². The van der Waals surface area contributed by atoms with Crippen molar-refractivity contribution in [2.75, 3.05) is 31.7 Å². The molecule has 2 atom stereocenters. The lowest BCUT2D eigenvalue weighted by Gasteiger charge is -2.37. The van der Waals surface area contributed by atoms with Gasteiger partial charge in [0.15, 0.2) is 6.10 Å². The van der Waals surface area contributed by atoms with Gasteiger partial charge in [-0.05, 0) is 75.1 Å². The Labute approximate surface area is 184 Å². The second-order valence-electron chi connectivity index (χ2n) is 8.85. The average Bonchev–Trinajstić information content (AvgIpc) is 3.08. The number of benzene rings is 1. The van der Waals surface area contributed by atoms with Gasteiger partial charge in [-0.15, -0.1) is 0 Å². The highest BCUT2D eigenvalue weighted by molar-refractivity contribution is 7.93. The van der Waals surface area contributed by atoms with E-state index in [1.54, 1.807) is 11.8 Å². The van der Waals surface area contributed by atoms with Gasteiger partial charge in [-0.2, -0.15) is 4.36 Å². The number of carbonyl (C=O) groups excluding carboxylic acids is 2. The number of ether oxygens (including phenoxy) is 2. The van der Waals surface area contributed by atoms with Gasteiger partial charge < -0.3 is 14.4 Å². The van der Waals surface area contributed by atoms with Crippen molar-refractivity contribution >= 4 is 21.5 Å². The summed E-state index contributed by atoms with van der Waals surface area (Å²) in [5.41, 5.74) is 1.78. The van der Waals surface area contributed by atoms with E-state index in [0.717, 1.165) is 19.3 Å². The summed E-state index contributed by atoms with van der Waals surface area (Å²) in [6, 6.07) is 6.06. The Morgan fingerprint density at radius 3 is 2.58 bits per heavy atom. The van der Waals surface area contributed by atoms with Crippen LogP contribution in [0.2, 0.25) is 0 Å². The maximum Gasteiger partial charge on any atom is 0.285 e. The zero-order chi connectivity index (χ0) is 22.1. The Morgan fingerprint density at radius 2 is 1.87 bits per heavy atom. The van der Waals surface area contributed by atoms with Crippen LogP contribution in [0.1, 0.15) is 50.2 Å². The zero-order valence-corrected chi connectivity index (χ0v) is 19.2. The summed E-state index contributed by atoms with van der Waals surface area (Å²) in [5.74, 6) is 0.714. The number of rotatable bonds is 5. The molecule has 2 fully saturated rings. The van der Waals surface area contributed by atoms with E-state index in [1.165, 1.54) is 24.7 Å². The second kappa shape index (κ2) is 8.90. The summed E-state index contributed by atoms with van der Waals surface area (Å²) in [6.45, 7) is 2.56. The predicted octanol–water partition coefficient (Wildman–Crippen LogP) is 2.74. The summed E-state index contributed by atoms with van der Waals surface area (Å²) in [5, 5.41) is 0. The number of hydrogen-bond donors (Lipinski definition) is 0. The molecule has 0 N–H and O–H groups in total. The minimum atomic E-state index is -2.69. The highest BCUT2D eigenvalue weighted by Crippen LogP contribution is 2.36. The van der Waals surface area contributed by atoms with Crippen molar-refractivity contribution in [3.8, 4) is 5.75 Å². The van der Waals surface area contributed by atoms with Crippen LogP contribution in [0.25, 0.3) is 0 Å². The summed E-state index contributed by atoms with van der Waals surface area (Å²) < 4.78 is 28.7. The minimum absolute atomic E-state index is 0.122. The van der Waals surface area contributed by atoms with Crippen LogP contribution in [0.4, 0.5) is 0 Å². The first-order valence-corrected chi connectivity index (χ1v) is 13.1. The SMILES string of the molecule is COC1(C(=O)N=S2(=O)CCCN(C(=O)C(C)Oc3ccc4c(c3)CCC4)CC2)CCC1. The van der Waals surface area contributed by atoms with Gasteiger partial charge in [-0.25, -0.2) is 4.21 Å². The van der Waals surface area contributed by atoms with Crippen LogP contribution in [0.15, 0.2) is 22.6 Å². The summed E-state index contributed by atoms with van der Waals surface area (Å²) in [6.07, 6.45) is 5.43. The molecule has 170 valence electrons. The number of nitrogens with zero attached hydrogens (tertiary/aromatic N) is 2. The van der Waals surface area contributed by atoms with E-state index in [2.05, 4.69) is 10.4 Å². The van der Waals surface area contributed by atoms with Crippen LogP contribution in [0.3, 0.4) is 0 Å². The van der Waals surface area contributed by atoms with E-state index >= 15 is 0 Å². The van der Waals surface area contributed by atoms with Crippen molar-refractivity contribution in [2.24, 2.45) is 4.36 Å². The lowest BCUT2D eigenvalue weighted by atomic mass is 9.79. The molecular weight excluding hydrogens is 416 g/mol. The molecule has 1 aromatic carbocycles. The Morgan fingerprint density at radius 1 is 1.10 bits per heavy atom. The standard InChI is InChI=1S/C23H32N2O5S/c1-17(30-20-9-8-18-6-3-7-19(18)16-20)21(26)25-12-5-14-31(28,15-13-25)24-22(27)23(29-2)10-4-11-23/h8-9,16-17H,3-7,10-15H2,1-2H3. The van der Waals surface area contributed by atoms with Crippen molar-refractivity contribution < 1.29 is 23.3 Å². The monoisotopic (exact) mass is 448 g/mol. The largest absolute Gasteiger partial charge is 0.481 e. The number of methoxy groups -OCH3 is 1. The maximum atomic E-state index is 13.3. The maximum absolute atomic E-state index is 13.3. The van der Waals surface area contributed by atoms with Crippen molar-refractivity contribution in [1.82, 2.24) is 4.90 Å². The summed E-state index contributed by atoms with van der Waals surface area (Å²) >= 11 is 0. The third kappa shape index (κ3) is 4.65. The molecule has 0 spiro atoms. The van der Waals surface area contributed by atoms with Crippen molar-refractivity contribution in [1.29, 1.82) is 0 Å². The third-order valence-electron chi connectivity index (χ3n) is 6.80. The van der Waals surface area contributed by atoms with Gasteiger partial charge >= 0.3 is 0 Å². The van der Waals surface area contributed by atoms with E-state index in [-0.39, 0.29) is 11.7 Å². The van der Waals surface area contributed by atoms with Gasteiger partial charge in [-0.1, -0.05) is 6.07 Å². The molecule has 31 heavy (non-hydrogen) atoms. The Kier molecular flexibility index (Phi) is 6.40. The smallest absolute Gasteiger partial charge is 0.285 e. The van der Waals surface area contributed by atoms with E-state index in [0.29, 0.717) is 43.9 Å². The van der Waals surface area contributed by atoms with E-state index in [1.807, 2.05) is 12.1 Å². The van der Waals surface area contributed by atoms with Gasteiger partial charge in [0.25, 0.3) is 11.8 Å². The van der Waals surface area contributed by atoms with Gasteiger partial charge in [0.05, 0.1) is 9.73 Å². The zero-order valence-electron chi connectivity index (χ0n) is 18.4. The van der Waals surface area contributed by atoms with Crippen LogP contribution < -0.4 is 4.74 Å². The van der Waals surface area contributed by atoms with Crippen molar-refractivity contribution in [3.05, 3.63) is 29.3 Å². The van der Waals surface area contributed by atoms with E-state index < -0.39 is 27.3 Å². The summed E-state index contributed by atoms with van der Waals surface area (Å²) in [4.78, 5) is 27.3. The fourth-order valence-electron chi connectivity index (χ4n) is 4.63. The number of fused-ring (bicyclic) bond motifs is 1. The van der Waals surface area contributed by atoms with Crippen LogP contribution in [-0.4, -0.2) is 64.3 Å². The van der Waals surface area contributed by atoms with Gasteiger partial charge in [0, 0.05) is 31.7 Å². The van der Waals surface area contributed by atoms with Crippen molar-refractivity contribution in [2.45, 2.75) is 63.6 Å². The number of aryl methyl sites for hydroxylation is 2. The molecule has 8 heteroatoms. The molecule has 2 unspecified atom stereocenters. The van der Waals surface area contributed by atoms with Gasteiger partial charge in [0.2, 0.25) is 0 Å². The lowest BCUT2D eigenvalue weighted by Crippen LogP contribution is -2.46. The molecule has 4 rings (SSSR count). The number of carbonyl (C=O) groups is 2. The summed E-state index contributed by atoms with van der Waals surface area (Å²) in [7, 11) is -1.18. The van der Waals surface area contributed by atoms with Crippen LogP contribution >= 0.6 is 0 Å². The molecule has 0 radical (unpaired) electrons. The molecular formula is C23H32N2O5S. The second-order valence-corrected chi connectivity index (χ2v) is 11.4. The van der Waals surface area contributed by atoms with Crippen LogP contribution in [0.5, 0.6) is 5.75 Å². The minimum Gasteiger partial charge on any atom is -0.481 e. The lowest BCUT2D eigenvalue weighted by molar-refractivity contribution is -0.150.